The molecule has 6 heteroatoms. The maximum Gasteiger partial charge on any atom is 0.337 e. The minimum Gasteiger partial charge on any atom is -0.465 e. The first-order chi connectivity index (χ1) is 12.7. The lowest BCUT2D eigenvalue weighted by Gasteiger charge is -2.34. The number of amides is 2. The highest BCUT2D eigenvalue weighted by Gasteiger charge is 2.21. The van der Waals surface area contributed by atoms with Crippen molar-refractivity contribution < 1.29 is 14.3 Å². The van der Waals surface area contributed by atoms with Crippen LogP contribution in [-0.4, -0.2) is 55.1 Å². The van der Waals surface area contributed by atoms with Crippen molar-refractivity contribution in [3.05, 3.63) is 65.7 Å². The second kappa shape index (κ2) is 8.49. The number of urea groups is 1. The van der Waals surface area contributed by atoms with Crippen molar-refractivity contribution >= 4 is 17.7 Å². The number of carbonyl (C=O) groups is 2. The molecule has 0 saturated carbocycles. The van der Waals surface area contributed by atoms with E-state index in [0.29, 0.717) is 24.3 Å². The second-order valence-electron chi connectivity index (χ2n) is 6.25. The Morgan fingerprint density at radius 1 is 0.962 bits per heavy atom. The van der Waals surface area contributed by atoms with Crippen molar-refractivity contribution in [2.24, 2.45) is 0 Å². The fourth-order valence-electron chi connectivity index (χ4n) is 2.96. The zero-order chi connectivity index (χ0) is 18.4. The average molecular weight is 353 g/mol. The smallest absolute Gasteiger partial charge is 0.337 e. The lowest BCUT2D eigenvalue weighted by molar-refractivity contribution is 0.0600. The van der Waals surface area contributed by atoms with Crippen molar-refractivity contribution in [2.75, 3.05) is 38.6 Å². The molecule has 1 fully saturated rings. The Bertz CT molecular complexity index is 739. The zero-order valence-corrected chi connectivity index (χ0v) is 14.9. The Morgan fingerprint density at radius 3 is 2.23 bits per heavy atom. The van der Waals surface area contributed by atoms with E-state index in [4.69, 9.17) is 0 Å². The molecular weight excluding hydrogens is 330 g/mol. The van der Waals surface area contributed by atoms with E-state index < -0.39 is 5.97 Å². The molecule has 2 amide bonds. The van der Waals surface area contributed by atoms with Crippen LogP contribution in [0.3, 0.4) is 0 Å². The van der Waals surface area contributed by atoms with E-state index in [1.807, 2.05) is 23.1 Å². The van der Waals surface area contributed by atoms with Crippen LogP contribution in [0.25, 0.3) is 0 Å². The molecule has 6 nitrogen and oxygen atoms in total. The van der Waals surface area contributed by atoms with E-state index >= 15 is 0 Å². The first-order valence-electron chi connectivity index (χ1n) is 8.66. The number of rotatable bonds is 4. The molecule has 0 bridgehead atoms. The van der Waals surface area contributed by atoms with Crippen LogP contribution in [0, 0.1) is 0 Å². The third-order valence-corrected chi connectivity index (χ3v) is 4.47. The number of anilines is 1. The number of methoxy groups -OCH3 is 1. The fourth-order valence-corrected chi connectivity index (χ4v) is 2.96. The molecule has 136 valence electrons. The predicted molar refractivity (Wildman–Crippen MR) is 100 cm³/mol. The van der Waals surface area contributed by atoms with Gasteiger partial charge in [-0.1, -0.05) is 30.3 Å². The van der Waals surface area contributed by atoms with Gasteiger partial charge in [0.25, 0.3) is 0 Å². The molecule has 0 radical (unpaired) electrons. The molecule has 0 aromatic heterocycles. The highest BCUT2D eigenvalue weighted by Crippen LogP contribution is 2.13. The Kier molecular flexibility index (Phi) is 5.86. The van der Waals surface area contributed by atoms with Crippen LogP contribution in [0.5, 0.6) is 0 Å². The number of nitrogens with one attached hydrogen (secondary N) is 1. The molecular formula is C20H23N3O3. The Hall–Kier alpha value is -2.86. The van der Waals surface area contributed by atoms with E-state index in [1.165, 1.54) is 12.7 Å². The minimum atomic E-state index is -0.391. The maximum absolute atomic E-state index is 12.4. The summed E-state index contributed by atoms with van der Waals surface area (Å²) < 4.78 is 4.67. The molecule has 0 unspecified atom stereocenters. The van der Waals surface area contributed by atoms with E-state index in [-0.39, 0.29) is 6.03 Å². The van der Waals surface area contributed by atoms with Crippen molar-refractivity contribution in [3.63, 3.8) is 0 Å². The lowest BCUT2D eigenvalue weighted by Crippen LogP contribution is -2.49. The molecule has 2 aromatic rings. The predicted octanol–water partition coefficient (Wildman–Crippen LogP) is 2.82. The molecule has 1 aliphatic rings. The summed E-state index contributed by atoms with van der Waals surface area (Å²) in [5, 5.41) is 2.88. The molecule has 1 N–H and O–H groups in total. The largest absolute Gasteiger partial charge is 0.465 e. The molecule has 0 spiro atoms. The molecule has 1 saturated heterocycles. The molecule has 2 aromatic carbocycles. The molecule has 1 heterocycles. The summed E-state index contributed by atoms with van der Waals surface area (Å²) in [6.07, 6.45) is 0. The number of carbonyl (C=O) groups excluding carboxylic acids is 2. The van der Waals surface area contributed by atoms with Gasteiger partial charge in [-0.2, -0.15) is 0 Å². The van der Waals surface area contributed by atoms with E-state index in [1.54, 1.807) is 24.3 Å². The van der Waals surface area contributed by atoms with Crippen LogP contribution in [0.4, 0.5) is 10.5 Å². The van der Waals surface area contributed by atoms with Gasteiger partial charge in [-0.15, -0.1) is 0 Å². The van der Waals surface area contributed by atoms with Crippen LogP contribution in [0.15, 0.2) is 54.6 Å². The summed E-state index contributed by atoms with van der Waals surface area (Å²) in [5.41, 5.74) is 2.41. The number of hydrogen-bond donors (Lipinski definition) is 1. The van der Waals surface area contributed by atoms with E-state index in [2.05, 4.69) is 27.1 Å². The molecule has 1 aliphatic heterocycles. The van der Waals surface area contributed by atoms with Gasteiger partial charge in [-0.05, 0) is 29.8 Å². The number of benzene rings is 2. The summed E-state index contributed by atoms with van der Waals surface area (Å²) in [4.78, 5) is 28.0. The minimum absolute atomic E-state index is 0.116. The topological polar surface area (TPSA) is 61.9 Å². The first-order valence-corrected chi connectivity index (χ1v) is 8.66. The van der Waals surface area contributed by atoms with Gasteiger partial charge in [0.2, 0.25) is 0 Å². The molecule has 3 rings (SSSR count). The SMILES string of the molecule is COC(=O)c1ccc(NC(=O)N2CCN(Cc3ccccc3)CC2)cc1. The quantitative estimate of drug-likeness (QED) is 0.859. The first kappa shape index (κ1) is 17.9. The third kappa shape index (κ3) is 4.61. The summed E-state index contributed by atoms with van der Waals surface area (Å²) in [6, 6.07) is 16.9. The maximum atomic E-state index is 12.4. The van der Waals surface area contributed by atoms with Gasteiger partial charge in [0.1, 0.15) is 0 Å². The van der Waals surface area contributed by atoms with Crippen molar-refractivity contribution in [1.29, 1.82) is 0 Å². The van der Waals surface area contributed by atoms with Gasteiger partial charge in [0.15, 0.2) is 0 Å². The van der Waals surface area contributed by atoms with Gasteiger partial charge in [0.05, 0.1) is 12.7 Å². The van der Waals surface area contributed by atoms with Gasteiger partial charge in [-0.3, -0.25) is 4.90 Å². The van der Waals surface area contributed by atoms with Gasteiger partial charge >= 0.3 is 12.0 Å². The van der Waals surface area contributed by atoms with Gasteiger partial charge < -0.3 is 15.0 Å². The fraction of sp³-hybridized carbons (Fsp3) is 0.300. The summed E-state index contributed by atoms with van der Waals surface area (Å²) in [5.74, 6) is -0.391. The summed E-state index contributed by atoms with van der Waals surface area (Å²) in [6.45, 7) is 4.00. The third-order valence-electron chi connectivity index (χ3n) is 4.47. The van der Waals surface area contributed by atoms with Crippen LogP contribution in [0.1, 0.15) is 15.9 Å². The molecule has 0 atom stereocenters. The van der Waals surface area contributed by atoms with Crippen LogP contribution in [-0.2, 0) is 11.3 Å². The number of nitrogens with zero attached hydrogens (tertiary/aromatic N) is 2. The number of ether oxygens (including phenoxy) is 1. The van der Waals surface area contributed by atoms with E-state index in [0.717, 1.165) is 19.6 Å². The lowest BCUT2D eigenvalue weighted by atomic mass is 10.2. The Morgan fingerprint density at radius 2 is 1.62 bits per heavy atom. The number of piperazine rings is 1. The number of esters is 1. The molecule has 26 heavy (non-hydrogen) atoms. The van der Waals surface area contributed by atoms with Crippen LogP contribution < -0.4 is 5.32 Å². The average Bonchev–Trinajstić information content (AvgIpc) is 2.69. The Labute approximate surface area is 153 Å². The van der Waals surface area contributed by atoms with Gasteiger partial charge in [0, 0.05) is 38.4 Å². The van der Waals surface area contributed by atoms with Gasteiger partial charge in [-0.25, -0.2) is 9.59 Å². The van der Waals surface area contributed by atoms with Crippen molar-refractivity contribution in [1.82, 2.24) is 9.80 Å². The normalized spacial score (nSPS) is 14.7. The highest BCUT2D eigenvalue weighted by atomic mass is 16.5. The standard InChI is InChI=1S/C20H23N3O3/c1-26-19(24)17-7-9-18(10-8-17)21-20(25)23-13-11-22(12-14-23)15-16-5-3-2-4-6-16/h2-10H,11-15H2,1H3,(H,21,25). The second-order valence-corrected chi connectivity index (χ2v) is 6.25. The molecule has 0 aliphatic carbocycles. The monoisotopic (exact) mass is 353 g/mol. The summed E-state index contributed by atoms with van der Waals surface area (Å²) >= 11 is 0. The van der Waals surface area contributed by atoms with Crippen LogP contribution >= 0.6 is 0 Å². The van der Waals surface area contributed by atoms with E-state index in [9.17, 15) is 9.59 Å². The Balaban J connectivity index is 1.48. The van der Waals surface area contributed by atoms with Crippen molar-refractivity contribution in [3.8, 4) is 0 Å². The zero-order valence-electron chi connectivity index (χ0n) is 14.9. The van der Waals surface area contributed by atoms with Crippen LogP contribution in [0.2, 0.25) is 0 Å². The highest BCUT2D eigenvalue weighted by molar-refractivity contribution is 5.92. The van der Waals surface area contributed by atoms with Crippen molar-refractivity contribution in [2.45, 2.75) is 6.54 Å². The summed E-state index contributed by atoms with van der Waals surface area (Å²) in [7, 11) is 1.34. The number of hydrogen-bond acceptors (Lipinski definition) is 4.